The zero-order valence-corrected chi connectivity index (χ0v) is 11.2. The molecule has 0 amide bonds. The van der Waals surface area contributed by atoms with Crippen molar-refractivity contribution in [1.82, 2.24) is 15.3 Å². The maximum atomic E-state index is 4.53. The topological polar surface area (TPSA) is 37.8 Å². The second-order valence-electron chi connectivity index (χ2n) is 5.07. The van der Waals surface area contributed by atoms with Crippen LogP contribution in [0.5, 0.6) is 0 Å². The second-order valence-corrected chi connectivity index (χ2v) is 5.07. The molecule has 2 rings (SSSR count). The smallest absolute Gasteiger partial charge is 0.115 e. The molecule has 17 heavy (non-hydrogen) atoms. The Bertz CT molecular complexity index is 376. The lowest BCUT2D eigenvalue weighted by Gasteiger charge is -2.22. The number of hydrogen-bond acceptors (Lipinski definition) is 3. The van der Waals surface area contributed by atoms with Crippen molar-refractivity contribution in [2.75, 3.05) is 6.54 Å². The fourth-order valence-corrected chi connectivity index (χ4v) is 2.56. The van der Waals surface area contributed by atoms with E-state index >= 15 is 0 Å². The van der Waals surface area contributed by atoms with Gasteiger partial charge in [0, 0.05) is 17.7 Å². The summed E-state index contributed by atoms with van der Waals surface area (Å²) in [6.45, 7) is 7.81. The summed E-state index contributed by atoms with van der Waals surface area (Å²) in [4.78, 5) is 8.92. The summed E-state index contributed by atoms with van der Waals surface area (Å²) < 4.78 is 0. The highest BCUT2D eigenvalue weighted by Gasteiger charge is 2.23. The van der Waals surface area contributed by atoms with E-state index in [1.54, 1.807) is 6.33 Å². The minimum Gasteiger partial charge on any atom is -0.314 e. The molecule has 3 heteroatoms. The third-order valence-corrected chi connectivity index (χ3v) is 3.81. The molecule has 1 N–H and O–H groups in total. The second kappa shape index (κ2) is 5.58. The van der Waals surface area contributed by atoms with Crippen LogP contribution in [0, 0.1) is 0 Å². The summed E-state index contributed by atoms with van der Waals surface area (Å²) in [5.74, 6) is 0.469. The Hall–Kier alpha value is -0.960. The van der Waals surface area contributed by atoms with Crippen LogP contribution >= 0.6 is 0 Å². The van der Waals surface area contributed by atoms with Gasteiger partial charge in [-0.25, -0.2) is 9.97 Å². The van der Waals surface area contributed by atoms with Gasteiger partial charge in [-0.15, -0.1) is 0 Å². The first-order valence-electron chi connectivity index (χ1n) is 6.80. The van der Waals surface area contributed by atoms with Gasteiger partial charge in [0.1, 0.15) is 6.33 Å². The number of aromatic nitrogens is 2. The van der Waals surface area contributed by atoms with Crippen molar-refractivity contribution in [1.29, 1.82) is 0 Å². The number of nitrogens with one attached hydrogen (secondary N) is 1. The molecule has 0 saturated carbocycles. The molecule has 1 aliphatic carbocycles. The SMILES string of the molecule is CCCNC(C)C(C)c1ncnc2c1CCC2. The Labute approximate surface area is 104 Å². The molecule has 94 valence electrons. The van der Waals surface area contributed by atoms with E-state index < -0.39 is 0 Å². The van der Waals surface area contributed by atoms with Gasteiger partial charge in [0.2, 0.25) is 0 Å². The molecular weight excluding hydrogens is 210 g/mol. The summed E-state index contributed by atoms with van der Waals surface area (Å²) in [6.07, 6.45) is 6.46. The zero-order chi connectivity index (χ0) is 12.3. The Kier molecular flexibility index (Phi) is 4.11. The number of aryl methyl sites for hydroxylation is 1. The number of fused-ring (bicyclic) bond motifs is 1. The summed E-state index contributed by atoms with van der Waals surface area (Å²) in [5.41, 5.74) is 3.97. The van der Waals surface area contributed by atoms with Gasteiger partial charge in [-0.3, -0.25) is 0 Å². The molecule has 1 aliphatic rings. The lowest BCUT2D eigenvalue weighted by Crippen LogP contribution is -2.32. The fourth-order valence-electron chi connectivity index (χ4n) is 2.56. The average Bonchev–Trinajstić information content (AvgIpc) is 2.82. The lowest BCUT2D eigenvalue weighted by molar-refractivity contribution is 0.472. The van der Waals surface area contributed by atoms with Crippen LogP contribution in [0.1, 0.15) is 56.5 Å². The van der Waals surface area contributed by atoms with Gasteiger partial charge in [0.25, 0.3) is 0 Å². The molecule has 2 unspecified atom stereocenters. The van der Waals surface area contributed by atoms with Crippen molar-refractivity contribution in [3.8, 4) is 0 Å². The van der Waals surface area contributed by atoms with Crippen LogP contribution in [0.15, 0.2) is 6.33 Å². The molecule has 1 heterocycles. The number of hydrogen-bond donors (Lipinski definition) is 1. The van der Waals surface area contributed by atoms with Crippen molar-refractivity contribution in [2.24, 2.45) is 0 Å². The van der Waals surface area contributed by atoms with Crippen LogP contribution in [0.3, 0.4) is 0 Å². The standard InChI is InChI=1S/C14H23N3/c1-4-8-15-11(3)10(2)14-12-6-5-7-13(12)16-9-17-14/h9-11,15H,4-8H2,1-3H3. The Balaban J connectivity index is 2.14. The molecule has 0 radical (unpaired) electrons. The molecule has 1 aromatic rings. The fraction of sp³-hybridized carbons (Fsp3) is 0.714. The van der Waals surface area contributed by atoms with E-state index in [1.807, 2.05) is 0 Å². The largest absolute Gasteiger partial charge is 0.314 e. The Morgan fingerprint density at radius 3 is 2.88 bits per heavy atom. The van der Waals surface area contributed by atoms with E-state index in [9.17, 15) is 0 Å². The van der Waals surface area contributed by atoms with E-state index in [-0.39, 0.29) is 0 Å². The molecule has 0 saturated heterocycles. The van der Waals surface area contributed by atoms with Gasteiger partial charge >= 0.3 is 0 Å². The maximum Gasteiger partial charge on any atom is 0.115 e. The third kappa shape index (κ3) is 2.65. The highest BCUT2D eigenvalue weighted by molar-refractivity contribution is 5.31. The summed E-state index contributed by atoms with van der Waals surface area (Å²) in [6, 6.07) is 0.481. The summed E-state index contributed by atoms with van der Waals surface area (Å²) in [5, 5.41) is 3.56. The maximum absolute atomic E-state index is 4.53. The summed E-state index contributed by atoms with van der Waals surface area (Å²) in [7, 11) is 0. The Morgan fingerprint density at radius 2 is 2.12 bits per heavy atom. The molecule has 0 aliphatic heterocycles. The van der Waals surface area contributed by atoms with Crippen LogP contribution in [-0.4, -0.2) is 22.6 Å². The van der Waals surface area contributed by atoms with E-state index in [2.05, 4.69) is 36.1 Å². The van der Waals surface area contributed by atoms with Gasteiger partial charge in [-0.2, -0.15) is 0 Å². The van der Waals surface area contributed by atoms with Crippen LogP contribution in [0.4, 0.5) is 0 Å². The van der Waals surface area contributed by atoms with Crippen molar-refractivity contribution < 1.29 is 0 Å². The van der Waals surface area contributed by atoms with Gasteiger partial charge in [0.05, 0.1) is 5.69 Å². The predicted molar refractivity (Wildman–Crippen MR) is 70.2 cm³/mol. The highest BCUT2D eigenvalue weighted by atomic mass is 14.9. The molecule has 0 fully saturated rings. The van der Waals surface area contributed by atoms with E-state index in [0.29, 0.717) is 12.0 Å². The predicted octanol–water partition coefficient (Wildman–Crippen LogP) is 2.46. The van der Waals surface area contributed by atoms with Crippen molar-refractivity contribution in [2.45, 2.75) is 58.4 Å². The van der Waals surface area contributed by atoms with Crippen molar-refractivity contribution in [3.05, 3.63) is 23.3 Å². The molecule has 0 bridgehead atoms. The van der Waals surface area contributed by atoms with Crippen LogP contribution in [0.25, 0.3) is 0 Å². The zero-order valence-electron chi connectivity index (χ0n) is 11.2. The van der Waals surface area contributed by atoms with Crippen LogP contribution in [0.2, 0.25) is 0 Å². The minimum atomic E-state index is 0.469. The van der Waals surface area contributed by atoms with E-state index in [1.165, 1.54) is 29.8 Å². The number of rotatable bonds is 5. The van der Waals surface area contributed by atoms with Gasteiger partial charge in [0.15, 0.2) is 0 Å². The van der Waals surface area contributed by atoms with Gasteiger partial charge in [-0.1, -0.05) is 13.8 Å². The minimum absolute atomic E-state index is 0.469. The average molecular weight is 233 g/mol. The molecule has 1 aromatic heterocycles. The van der Waals surface area contributed by atoms with Crippen molar-refractivity contribution >= 4 is 0 Å². The van der Waals surface area contributed by atoms with E-state index in [0.717, 1.165) is 19.4 Å². The van der Waals surface area contributed by atoms with Crippen LogP contribution < -0.4 is 5.32 Å². The van der Waals surface area contributed by atoms with Gasteiger partial charge in [-0.05, 0) is 44.7 Å². The third-order valence-electron chi connectivity index (χ3n) is 3.81. The monoisotopic (exact) mass is 233 g/mol. The van der Waals surface area contributed by atoms with Crippen LogP contribution in [-0.2, 0) is 12.8 Å². The molecule has 3 nitrogen and oxygen atoms in total. The normalized spacial score (nSPS) is 17.8. The lowest BCUT2D eigenvalue weighted by atomic mass is 9.95. The quantitative estimate of drug-likeness (QED) is 0.849. The van der Waals surface area contributed by atoms with Crippen molar-refractivity contribution in [3.63, 3.8) is 0 Å². The molecule has 0 spiro atoms. The molecule has 0 aromatic carbocycles. The molecule has 2 atom stereocenters. The Morgan fingerprint density at radius 1 is 1.29 bits per heavy atom. The first-order valence-corrected chi connectivity index (χ1v) is 6.80. The molecular formula is C14H23N3. The highest BCUT2D eigenvalue weighted by Crippen LogP contribution is 2.28. The van der Waals surface area contributed by atoms with E-state index in [4.69, 9.17) is 0 Å². The first kappa shape index (κ1) is 12.5. The van der Waals surface area contributed by atoms with Gasteiger partial charge < -0.3 is 5.32 Å². The number of nitrogens with zero attached hydrogens (tertiary/aromatic N) is 2. The summed E-state index contributed by atoms with van der Waals surface area (Å²) >= 11 is 0. The first-order chi connectivity index (χ1) is 8.24.